The summed E-state index contributed by atoms with van der Waals surface area (Å²) in [5.74, 6) is -3.43. The molecule has 2 aromatic rings. The zero-order chi connectivity index (χ0) is 33.8. The van der Waals surface area contributed by atoms with Crippen LogP contribution in [0.25, 0.3) is 0 Å². The van der Waals surface area contributed by atoms with Crippen LogP contribution in [0.2, 0.25) is 0 Å². The second-order valence-corrected chi connectivity index (χ2v) is 7.20. The minimum absolute atomic E-state index is 0.203. The van der Waals surface area contributed by atoms with Crippen LogP contribution in [-0.2, 0) is 0 Å². The molecule has 0 radical (unpaired) electrons. The quantitative estimate of drug-likeness (QED) is 0.228. The van der Waals surface area contributed by atoms with Crippen LogP contribution >= 0.6 is 0 Å². The van der Waals surface area contributed by atoms with E-state index in [9.17, 15) is 30.2 Å². The lowest BCUT2D eigenvalue weighted by atomic mass is 9.81. The maximum absolute atomic E-state index is 13.6. The Morgan fingerprint density at radius 3 is 1.47 bits per heavy atom. The van der Waals surface area contributed by atoms with Crippen LogP contribution in [0, 0.1) is 10.4 Å². The largest absolute Gasteiger partial charge is 0.633 e. The van der Waals surface area contributed by atoms with Crippen molar-refractivity contribution in [3.05, 3.63) is 56.9 Å². The normalized spacial score (nSPS) is 20.7. The Morgan fingerprint density at radius 1 is 0.750 bits per heavy atom. The lowest BCUT2D eigenvalue weighted by Gasteiger charge is -2.34. The van der Waals surface area contributed by atoms with Crippen molar-refractivity contribution >= 4 is 22.9 Å². The van der Waals surface area contributed by atoms with Gasteiger partial charge in [0.05, 0.1) is 92.8 Å². The molecule has 0 saturated heterocycles. The average Bonchev–Trinajstić information content (AvgIpc) is 2.85. The minimum atomic E-state index is -3.49. The summed E-state index contributed by atoms with van der Waals surface area (Å²) in [5, 5.41) is 51.7. The molecule has 0 saturated carbocycles. The summed E-state index contributed by atoms with van der Waals surface area (Å²) in [5.41, 5.74) is -2.52. The highest BCUT2D eigenvalue weighted by Gasteiger charge is 2.38. The summed E-state index contributed by atoms with van der Waals surface area (Å²) in [6, 6.07) is 4.22. The fourth-order valence-electron chi connectivity index (χ4n) is 3.36. The maximum atomic E-state index is 13.6. The van der Waals surface area contributed by atoms with Crippen molar-refractivity contribution in [2.24, 2.45) is 0 Å². The molecule has 10 nitrogen and oxygen atoms in total. The number of hydrogen-bond acceptors (Lipinski definition) is 8. The fraction of sp³-hybridized carbons (Fsp3) is 0.364. The Kier molecular flexibility index (Phi) is 3.19. The average molecular weight is 457 g/mol. The molecular formula is C22H28N4O6. The first kappa shape index (κ1) is 12.2. The van der Waals surface area contributed by atoms with Crippen LogP contribution in [0.1, 0.15) is 48.3 Å². The number of benzene rings is 2. The third kappa shape index (κ3) is 4.83. The molecule has 0 spiro atoms. The molecule has 0 aromatic heterocycles. The van der Waals surface area contributed by atoms with Gasteiger partial charge in [-0.25, -0.2) is 0 Å². The molecule has 1 aliphatic carbocycles. The van der Waals surface area contributed by atoms with Crippen molar-refractivity contribution in [1.29, 1.82) is 0 Å². The molecule has 3 rings (SSSR count). The number of nitrogens with zero attached hydrogens (tertiary/aromatic N) is 2. The van der Waals surface area contributed by atoms with Gasteiger partial charge in [-0.15, -0.1) is 0 Å². The molecule has 2 aromatic carbocycles. The van der Waals surface area contributed by atoms with E-state index >= 15 is 0 Å². The Hall–Kier alpha value is -3.18. The first-order chi connectivity index (χ1) is 19.8. The van der Waals surface area contributed by atoms with Crippen LogP contribution in [-0.4, -0.2) is 85.2 Å². The van der Waals surface area contributed by atoms with Crippen molar-refractivity contribution in [2.45, 2.75) is 0 Å². The minimum Gasteiger partial charge on any atom is -0.633 e. The van der Waals surface area contributed by atoms with Gasteiger partial charge in [-0.05, 0) is 24.3 Å². The maximum Gasteiger partial charge on any atom is 0.200 e. The number of aromatic hydroxyl groups is 2. The van der Waals surface area contributed by atoms with Gasteiger partial charge in [0, 0.05) is 11.4 Å². The molecule has 0 aliphatic heterocycles. The second kappa shape index (κ2) is 8.40. The zero-order valence-electron chi connectivity index (χ0n) is 28.6. The number of phenolic OH excluding ortho intramolecular Hbond substituents is 2. The molecule has 0 fully saturated rings. The SMILES string of the molecule is [2H]C([2H])([2H])[N+]([O-])(CCNc1ccc(O)c2c1C(=O)c1c(O)ccc(NCC[N+]([O-])(C([2H])([2H])[2H])C([2H])([2H])[2H])c1C2=O)C([2H])([2H])[2H]. The van der Waals surface area contributed by atoms with Crippen molar-refractivity contribution < 1.29 is 45.5 Å². The van der Waals surface area contributed by atoms with Crippen molar-refractivity contribution in [1.82, 2.24) is 0 Å². The summed E-state index contributed by atoms with van der Waals surface area (Å²) in [4.78, 5) is 27.3. The summed E-state index contributed by atoms with van der Waals surface area (Å²) < 4.78 is 83.6. The van der Waals surface area contributed by atoms with Crippen molar-refractivity contribution in [3.8, 4) is 11.5 Å². The number of fused-ring (bicyclic) bond motifs is 2. The second-order valence-electron chi connectivity index (χ2n) is 7.20. The third-order valence-electron chi connectivity index (χ3n) is 4.76. The molecular weight excluding hydrogens is 416 g/mol. The van der Waals surface area contributed by atoms with E-state index in [2.05, 4.69) is 10.6 Å². The van der Waals surface area contributed by atoms with Gasteiger partial charge in [0.1, 0.15) is 11.5 Å². The summed E-state index contributed by atoms with van der Waals surface area (Å²) in [7, 11) is 0. The van der Waals surface area contributed by atoms with Crippen LogP contribution in [0.3, 0.4) is 0 Å². The zero-order valence-corrected chi connectivity index (χ0v) is 16.6. The third-order valence-corrected chi connectivity index (χ3v) is 4.76. The lowest BCUT2D eigenvalue weighted by Crippen LogP contribution is -2.37. The number of carbonyl (C=O) groups is 2. The van der Waals surface area contributed by atoms with Gasteiger partial charge < -0.3 is 40.6 Å². The number of rotatable bonds is 8. The Morgan fingerprint density at radius 2 is 1.12 bits per heavy atom. The highest BCUT2D eigenvalue weighted by atomic mass is 16.5. The molecule has 172 valence electrons. The van der Waals surface area contributed by atoms with E-state index in [4.69, 9.17) is 16.4 Å². The number of carbonyl (C=O) groups excluding carboxylic acids is 2. The van der Waals surface area contributed by atoms with Gasteiger partial charge in [0.25, 0.3) is 0 Å². The monoisotopic (exact) mass is 456 g/mol. The van der Waals surface area contributed by atoms with Crippen LogP contribution in [0.4, 0.5) is 11.4 Å². The van der Waals surface area contributed by atoms with E-state index in [1.807, 2.05) is 0 Å². The standard InChI is InChI=1S/C22H28N4O6/c1-25(2,31)11-9-23-13-5-7-15(27)19-17(13)21(29)20-16(28)8-6-14(18(20)22(19)30)24-10-12-26(3,4)32/h5-8,23-24,27-28H,9-12H2,1-4H3/i1D3,2D3,3D3,4D3. The molecule has 4 N–H and O–H groups in total. The Labute approximate surface area is 202 Å². The molecule has 32 heavy (non-hydrogen) atoms. The highest BCUT2D eigenvalue weighted by molar-refractivity contribution is 6.33. The number of nitrogens with one attached hydrogen (secondary N) is 2. The van der Waals surface area contributed by atoms with Crippen LogP contribution < -0.4 is 10.6 Å². The van der Waals surface area contributed by atoms with E-state index < -0.39 is 109 Å². The predicted molar refractivity (Wildman–Crippen MR) is 121 cm³/mol. The number of ketones is 2. The van der Waals surface area contributed by atoms with E-state index in [0.29, 0.717) is 0 Å². The number of likely N-dealkylation sites (N-methyl/N-ethyl adjacent to an activating group) is 2. The fourth-order valence-corrected chi connectivity index (χ4v) is 3.36. The van der Waals surface area contributed by atoms with Gasteiger partial charge >= 0.3 is 0 Å². The highest BCUT2D eigenvalue weighted by Crippen LogP contribution is 2.42. The molecule has 0 atom stereocenters. The van der Waals surface area contributed by atoms with Crippen molar-refractivity contribution in [3.63, 3.8) is 0 Å². The van der Waals surface area contributed by atoms with Crippen molar-refractivity contribution in [2.75, 3.05) is 64.7 Å². The van der Waals surface area contributed by atoms with E-state index in [-0.39, 0.29) is 11.4 Å². The molecule has 1 aliphatic rings. The van der Waals surface area contributed by atoms with E-state index in [1.54, 1.807) is 0 Å². The molecule has 10 heteroatoms. The first-order valence-corrected chi connectivity index (χ1v) is 9.28. The number of quaternary nitrogens is 2. The van der Waals surface area contributed by atoms with Gasteiger partial charge in [0.2, 0.25) is 11.6 Å². The first-order valence-electron chi connectivity index (χ1n) is 15.3. The summed E-state index contributed by atoms with van der Waals surface area (Å²) >= 11 is 0. The lowest BCUT2D eigenvalue weighted by molar-refractivity contribution is -0.838. The number of anilines is 2. The van der Waals surface area contributed by atoms with Gasteiger partial charge in [0.15, 0.2) is 0 Å². The van der Waals surface area contributed by atoms with Crippen LogP contribution in [0.5, 0.6) is 11.5 Å². The number of hydrogen-bond donors (Lipinski definition) is 4. The topological polar surface area (TPSA) is 145 Å². The molecule has 0 amide bonds. The number of hydroxylamine groups is 6. The summed E-state index contributed by atoms with van der Waals surface area (Å²) in [6.07, 6.45) is 0. The predicted octanol–water partition coefficient (Wildman–Crippen LogP) is 1.85. The number of phenols is 2. The Balaban J connectivity index is 1.98. The molecule has 0 heterocycles. The molecule has 0 unspecified atom stereocenters. The smallest absolute Gasteiger partial charge is 0.200 e. The van der Waals surface area contributed by atoms with Gasteiger partial charge in [-0.2, -0.15) is 0 Å². The van der Waals surface area contributed by atoms with Gasteiger partial charge in [-0.3, -0.25) is 9.59 Å². The summed E-state index contributed by atoms with van der Waals surface area (Å²) in [6.45, 7) is -17.2. The Bertz CT molecular complexity index is 1330. The van der Waals surface area contributed by atoms with E-state index in [1.165, 1.54) is 0 Å². The van der Waals surface area contributed by atoms with Crippen LogP contribution in [0.15, 0.2) is 24.3 Å². The molecule has 0 bridgehead atoms. The van der Waals surface area contributed by atoms with E-state index in [0.717, 1.165) is 24.3 Å². The van der Waals surface area contributed by atoms with Gasteiger partial charge in [-0.1, -0.05) is 0 Å².